The minimum Gasteiger partial charge on any atom is -0.309 e. The van der Waals surface area contributed by atoms with Gasteiger partial charge in [-0.2, -0.15) is 0 Å². The van der Waals surface area contributed by atoms with Gasteiger partial charge in [-0.1, -0.05) is 152 Å². The number of para-hydroxylation sites is 2. The van der Waals surface area contributed by atoms with Gasteiger partial charge in [0.05, 0.1) is 33.3 Å². The molecule has 0 atom stereocenters. The third-order valence-corrected chi connectivity index (χ3v) is 12.5. The van der Waals surface area contributed by atoms with Gasteiger partial charge in [-0.05, 0) is 98.0 Å². The lowest BCUT2D eigenvalue weighted by Gasteiger charge is -2.14. The van der Waals surface area contributed by atoms with E-state index in [0.29, 0.717) is 5.95 Å². The molecule has 3 heterocycles. The Labute approximate surface area is 344 Å². The van der Waals surface area contributed by atoms with Crippen molar-refractivity contribution in [3.63, 3.8) is 0 Å². The number of hydrogen-bond donors (Lipinski definition) is 0. The molecule has 13 rings (SSSR count). The van der Waals surface area contributed by atoms with Crippen LogP contribution in [0.1, 0.15) is 0 Å². The van der Waals surface area contributed by atoms with Gasteiger partial charge in [-0.15, -0.1) is 0 Å². The molecule has 4 heteroatoms. The second-order valence-corrected chi connectivity index (χ2v) is 15.8. The largest absolute Gasteiger partial charge is 0.309 e. The molecule has 0 spiro atoms. The zero-order valence-corrected chi connectivity index (χ0v) is 32.4. The van der Waals surface area contributed by atoms with Crippen molar-refractivity contribution in [2.24, 2.45) is 0 Å². The zero-order valence-electron chi connectivity index (χ0n) is 32.4. The highest BCUT2D eigenvalue weighted by molar-refractivity contribution is 6.15. The molecule has 0 amide bonds. The number of benzene rings is 10. The first kappa shape index (κ1) is 32.9. The van der Waals surface area contributed by atoms with Crippen LogP contribution in [-0.4, -0.2) is 19.1 Å². The summed E-state index contributed by atoms with van der Waals surface area (Å²) in [6, 6.07) is 74.5. The molecule has 278 valence electrons. The first-order valence-corrected chi connectivity index (χ1v) is 20.5. The van der Waals surface area contributed by atoms with Crippen LogP contribution in [0, 0.1) is 0 Å². The maximum atomic E-state index is 5.52. The maximum Gasteiger partial charge on any atom is 0.235 e. The van der Waals surface area contributed by atoms with Crippen molar-refractivity contribution in [1.29, 1.82) is 0 Å². The highest BCUT2D eigenvalue weighted by Crippen LogP contribution is 2.40. The SMILES string of the molecule is c1ccc2cc(-n3c4ccccc4c4cc(-c5ccc6c7cc8ccccc8cc7n(-c7nc(-c8cccc9ccccc89)c8ccccc8n7)c6c5)ccc43)ccc2c1. The van der Waals surface area contributed by atoms with Crippen LogP contribution in [-0.2, 0) is 0 Å². The molecule has 60 heavy (non-hydrogen) atoms. The Morgan fingerprint density at radius 3 is 1.77 bits per heavy atom. The quantitative estimate of drug-likeness (QED) is 0.179. The van der Waals surface area contributed by atoms with E-state index in [0.717, 1.165) is 55.4 Å². The minimum atomic E-state index is 0.651. The predicted molar refractivity (Wildman–Crippen MR) is 252 cm³/mol. The molecule has 0 aliphatic carbocycles. The Morgan fingerprint density at radius 1 is 0.300 bits per heavy atom. The van der Waals surface area contributed by atoms with E-state index in [1.54, 1.807) is 0 Å². The predicted octanol–water partition coefficient (Wildman–Crippen LogP) is 14.6. The molecule has 0 saturated carbocycles. The fourth-order valence-electron chi connectivity index (χ4n) is 9.65. The van der Waals surface area contributed by atoms with Crippen molar-refractivity contribution in [2.75, 3.05) is 0 Å². The molecule has 0 fully saturated rings. The molecule has 0 aliphatic rings. The second-order valence-electron chi connectivity index (χ2n) is 15.8. The molecule has 3 aromatic heterocycles. The fourth-order valence-corrected chi connectivity index (χ4v) is 9.65. The molecular formula is C56H34N4. The van der Waals surface area contributed by atoms with E-state index in [1.165, 1.54) is 59.5 Å². The highest BCUT2D eigenvalue weighted by atomic mass is 15.2. The van der Waals surface area contributed by atoms with Crippen molar-refractivity contribution in [3.8, 4) is 34.0 Å². The van der Waals surface area contributed by atoms with E-state index in [-0.39, 0.29) is 0 Å². The number of aromatic nitrogens is 4. The highest BCUT2D eigenvalue weighted by Gasteiger charge is 2.20. The van der Waals surface area contributed by atoms with Gasteiger partial charge >= 0.3 is 0 Å². The van der Waals surface area contributed by atoms with E-state index in [2.05, 4.69) is 215 Å². The summed E-state index contributed by atoms with van der Waals surface area (Å²) in [5.41, 5.74) is 10.9. The molecule has 0 bridgehead atoms. The average Bonchev–Trinajstić information content (AvgIpc) is 3.81. The number of hydrogen-bond acceptors (Lipinski definition) is 2. The Bertz CT molecular complexity index is 3900. The van der Waals surface area contributed by atoms with Gasteiger partial charge < -0.3 is 4.57 Å². The van der Waals surface area contributed by atoms with Crippen LogP contribution < -0.4 is 0 Å². The molecule has 0 aliphatic heterocycles. The first-order chi connectivity index (χ1) is 29.7. The Hall–Kier alpha value is -8.08. The van der Waals surface area contributed by atoms with E-state index >= 15 is 0 Å². The van der Waals surface area contributed by atoms with Gasteiger partial charge in [0, 0.05) is 38.2 Å². The average molecular weight is 763 g/mol. The zero-order chi connectivity index (χ0) is 39.3. The van der Waals surface area contributed by atoms with Crippen LogP contribution in [0.25, 0.3) is 121 Å². The number of fused-ring (bicyclic) bond motifs is 10. The van der Waals surface area contributed by atoms with Gasteiger partial charge in [0.15, 0.2) is 0 Å². The molecular weight excluding hydrogens is 729 g/mol. The van der Waals surface area contributed by atoms with E-state index in [4.69, 9.17) is 9.97 Å². The van der Waals surface area contributed by atoms with Crippen molar-refractivity contribution in [2.45, 2.75) is 0 Å². The van der Waals surface area contributed by atoms with Crippen molar-refractivity contribution >= 4 is 86.8 Å². The van der Waals surface area contributed by atoms with Crippen LogP contribution in [0.15, 0.2) is 206 Å². The lowest BCUT2D eigenvalue weighted by atomic mass is 9.99. The van der Waals surface area contributed by atoms with E-state index in [1.807, 2.05) is 0 Å². The second kappa shape index (κ2) is 12.7. The summed E-state index contributed by atoms with van der Waals surface area (Å²) >= 11 is 0. The maximum absolute atomic E-state index is 5.52. The van der Waals surface area contributed by atoms with Crippen LogP contribution in [0.5, 0.6) is 0 Å². The molecule has 0 N–H and O–H groups in total. The summed E-state index contributed by atoms with van der Waals surface area (Å²) in [5.74, 6) is 0.651. The van der Waals surface area contributed by atoms with Gasteiger partial charge in [-0.3, -0.25) is 4.57 Å². The van der Waals surface area contributed by atoms with Crippen molar-refractivity contribution in [3.05, 3.63) is 206 Å². The summed E-state index contributed by atoms with van der Waals surface area (Å²) in [5, 5.41) is 13.0. The molecule has 0 radical (unpaired) electrons. The van der Waals surface area contributed by atoms with E-state index in [9.17, 15) is 0 Å². The lowest BCUT2D eigenvalue weighted by molar-refractivity contribution is 1.01. The summed E-state index contributed by atoms with van der Waals surface area (Å²) in [6.45, 7) is 0. The third kappa shape index (κ3) is 4.91. The Kier molecular flexibility index (Phi) is 6.98. The lowest BCUT2D eigenvalue weighted by Crippen LogP contribution is -2.03. The van der Waals surface area contributed by atoms with Gasteiger partial charge in [0.25, 0.3) is 0 Å². The molecule has 10 aromatic carbocycles. The summed E-state index contributed by atoms with van der Waals surface area (Å²) in [4.78, 5) is 10.9. The topological polar surface area (TPSA) is 35.6 Å². The van der Waals surface area contributed by atoms with Gasteiger partial charge in [0.1, 0.15) is 0 Å². The fraction of sp³-hybridized carbons (Fsp3) is 0. The number of nitrogens with zero attached hydrogens (tertiary/aromatic N) is 4. The summed E-state index contributed by atoms with van der Waals surface area (Å²) in [7, 11) is 0. The van der Waals surface area contributed by atoms with Crippen LogP contribution in [0.3, 0.4) is 0 Å². The summed E-state index contributed by atoms with van der Waals surface area (Å²) in [6.07, 6.45) is 0. The Morgan fingerprint density at radius 2 is 0.900 bits per heavy atom. The van der Waals surface area contributed by atoms with Gasteiger partial charge in [0.2, 0.25) is 5.95 Å². The molecule has 4 nitrogen and oxygen atoms in total. The molecule has 0 unspecified atom stereocenters. The smallest absolute Gasteiger partial charge is 0.235 e. The molecule has 13 aromatic rings. The van der Waals surface area contributed by atoms with Crippen molar-refractivity contribution < 1.29 is 0 Å². The summed E-state index contributed by atoms with van der Waals surface area (Å²) < 4.78 is 4.68. The van der Waals surface area contributed by atoms with Crippen molar-refractivity contribution in [1.82, 2.24) is 19.1 Å². The normalized spacial score (nSPS) is 12.0. The van der Waals surface area contributed by atoms with Crippen LogP contribution in [0.4, 0.5) is 0 Å². The van der Waals surface area contributed by atoms with Crippen LogP contribution in [0.2, 0.25) is 0 Å². The number of rotatable bonds is 4. The van der Waals surface area contributed by atoms with E-state index < -0.39 is 0 Å². The third-order valence-electron chi connectivity index (χ3n) is 12.5. The Balaban J connectivity index is 1.06. The molecule has 0 saturated heterocycles. The minimum absolute atomic E-state index is 0.651. The van der Waals surface area contributed by atoms with Gasteiger partial charge in [-0.25, -0.2) is 9.97 Å². The standard InChI is InChI=1S/C56H34N4/c1-2-14-37-30-42(27-24-35(37)12-1)59-51-23-10-8-19-44(51)48-32-40(26-29-52(48)59)41-25-28-45-49-31-38-15-3-4-16-39(38)33-54(49)60(53(45)34-41)56-57-50-22-9-7-20-47(50)55(58-56)46-21-11-17-36-13-5-6-18-43(36)46/h1-34H. The monoisotopic (exact) mass is 762 g/mol. The first-order valence-electron chi connectivity index (χ1n) is 20.5. The van der Waals surface area contributed by atoms with Crippen LogP contribution >= 0.6 is 0 Å².